The van der Waals surface area contributed by atoms with Crippen LogP contribution in [0.1, 0.15) is 48.2 Å². The minimum absolute atomic E-state index is 0.0770. The average molecular weight is 279 g/mol. The van der Waals surface area contributed by atoms with Crippen molar-refractivity contribution in [2.75, 3.05) is 0 Å². The number of hydrogen-bond donors (Lipinski definition) is 0. The maximum atomic E-state index is 11.2. The normalized spacial score (nSPS) is 11.0. The minimum atomic E-state index is 0.0770. The van der Waals surface area contributed by atoms with Gasteiger partial charge in [0, 0.05) is 11.8 Å². The third-order valence-corrected chi connectivity index (χ3v) is 3.44. The van der Waals surface area contributed by atoms with E-state index in [9.17, 15) is 4.79 Å². The van der Waals surface area contributed by atoms with Crippen molar-refractivity contribution in [2.45, 2.75) is 33.1 Å². The molecule has 0 aliphatic heterocycles. The van der Waals surface area contributed by atoms with Gasteiger partial charge in [0.05, 0.1) is 5.69 Å². The van der Waals surface area contributed by atoms with Crippen molar-refractivity contribution in [1.82, 2.24) is 0 Å². The van der Waals surface area contributed by atoms with Gasteiger partial charge in [0.15, 0.2) is 5.78 Å². The van der Waals surface area contributed by atoms with Crippen molar-refractivity contribution in [3.05, 3.63) is 65.2 Å². The highest BCUT2D eigenvalue weighted by atomic mass is 16.1. The molecule has 0 aromatic heterocycles. The van der Waals surface area contributed by atoms with E-state index in [0.717, 1.165) is 17.7 Å². The summed E-state index contributed by atoms with van der Waals surface area (Å²) in [6, 6.07) is 15.9. The Hall–Kier alpha value is -2.22. The SMILES string of the molecule is CCCCc1ccc(C=Nc2ccc(C(C)=O)cc2)cc1. The van der Waals surface area contributed by atoms with Gasteiger partial charge in [-0.3, -0.25) is 9.79 Å². The van der Waals surface area contributed by atoms with Crippen LogP contribution in [0.5, 0.6) is 0 Å². The molecule has 0 atom stereocenters. The van der Waals surface area contributed by atoms with Gasteiger partial charge in [0.1, 0.15) is 0 Å². The number of aryl methyl sites for hydroxylation is 1. The molecule has 2 aromatic carbocycles. The predicted molar refractivity (Wildman–Crippen MR) is 88.8 cm³/mol. The van der Waals surface area contributed by atoms with Gasteiger partial charge < -0.3 is 0 Å². The molecule has 2 heteroatoms. The number of ketones is 1. The topological polar surface area (TPSA) is 29.4 Å². The van der Waals surface area contributed by atoms with E-state index >= 15 is 0 Å². The maximum Gasteiger partial charge on any atom is 0.159 e. The van der Waals surface area contributed by atoms with Crippen LogP contribution < -0.4 is 0 Å². The standard InChI is InChI=1S/C19H21NO/c1-3-4-5-16-6-8-17(9-7-16)14-20-19-12-10-18(11-13-19)15(2)21/h6-14H,3-5H2,1-2H3. The van der Waals surface area contributed by atoms with Crippen LogP contribution in [0, 0.1) is 0 Å². The highest BCUT2D eigenvalue weighted by molar-refractivity contribution is 5.94. The summed E-state index contributed by atoms with van der Waals surface area (Å²) in [7, 11) is 0. The summed E-state index contributed by atoms with van der Waals surface area (Å²) < 4.78 is 0. The van der Waals surface area contributed by atoms with Gasteiger partial charge >= 0.3 is 0 Å². The average Bonchev–Trinajstić information content (AvgIpc) is 2.52. The lowest BCUT2D eigenvalue weighted by atomic mass is 10.1. The molecule has 0 saturated heterocycles. The van der Waals surface area contributed by atoms with Crippen molar-refractivity contribution in [2.24, 2.45) is 4.99 Å². The molecule has 0 amide bonds. The molecule has 0 aliphatic rings. The van der Waals surface area contributed by atoms with Crippen LogP contribution in [-0.2, 0) is 6.42 Å². The first-order valence-electron chi connectivity index (χ1n) is 7.43. The molecule has 2 rings (SSSR count). The Kier molecular flexibility index (Phi) is 5.44. The van der Waals surface area contributed by atoms with Crippen molar-refractivity contribution in [1.29, 1.82) is 0 Å². The fourth-order valence-corrected chi connectivity index (χ4v) is 2.08. The fourth-order valence-electron chi connectivity index (χ4n) is 2.08. The summed E-state index contributed by atoms with van der Waals surface area (Å²) >= 11 is 0. The van der Waals surface area contributed by atoms with Gasteiger partial charge in [-0.15, -0.1) is 0 Å². The third kappa shape index (κ3) is 4.67. The lowest BCUT2D eigenvalue weighted by molar-refractivity contribution is 0.101. The molecule has 0 saturated carbocycles. The summed E-state index contributed by atoms with van der Waals surface area (Å²) in [4.78, 5) is 15.6. The molecule has 0 spiro atoms. The van der Waals surface area contributed by atoms with Gasteiger partial charge in [-0.05, 0) is 55.2 Å². The highest BCUT2D eigenvalue weighted by Crippen LogP contribution is 2.14. The first-order chi connectivity index (χ1) is 10.2. The molecular weight excluding hydrogens is 258 g/mol. The van der Waals surface area contributed by atoms with Crippen molar-refractivity contribution in [3.8, 4) is 0 Å². The molecule has 2 nitrogen and oxygen atoms in total. The third-order valence-electron chi connectivity index (χ3n) is 3.44. The second-order valence-electron chi connectivity index (χ2n) is 5.21. The zero-order valence-electron chi connectivity index (χ0n) is 12.7. The molecule has 108 valence electrons. The number of nitrogens with zero attached hydrogens (tertiary/aromatic N) is 1. The van der Waals surface area contributed by atoms with E-state index in [4.69, 9.17) is 0 Å². The number of Topliss-reactive ketones (excluding diaryl/α,β-unsaturated/α-hetero) is 1. The molecule has 0 radical (unpaired) electrons. The van der Waals surface area contributed by atoms with Crippen LogP contribution >= 0.6 is 0 Å². The largest absolute Gasteiger partial charge is 0.295 e. The Morgan fingerprint density at radius 3 is 2.29 bits per heavy atom. The van der Waals surface area contributed by atoms with E-state index in [0.29, 0.717) is 5.56 Å². The Balaban J connectivity index is 2.01. The predicted octanol–water partition coefficient (Wildman–Crippen LogP) is 4.98. The second-order valence-corrected chi connectivity index (χ2v) is 5.21. The zero-order chi connectivity index (χ0) is 15.1. The van der Waals surface area contributed by atoms with Gasteiger partial charge in [0.25, 0.3) is 0 Å². The van der Waals surface area contributed by atoms with Gasteiger partial charge in [0.2, 0.25) is 0 Å². The molecule has 0 unspecified atom stereocenters. The monoisotopic (exact) mass is 279 g/mol. The number of carbonyl (C=O) groups is 1. The Bertz CT molecular complexity index is 609. The number of benzene rings is 2. The van der Waals surface area contributed by atoms with E-state index in [1.54, 1.807) is 6.92 Å². The lowest BCUT2D eigenvalue weighted by Gasteiger charge is -2.00. The van der Waals surface area contributed by atoms with E-state index in [-0.39, 0.29) is 5.78 Å². The molecule has 21 heavy (non-hydrogen) atoms. The van der Waals surface area contributed by atoms with Crippen LogP contribution in [0.2, 0.25) is 0 Å². The van der Waals surface area contributed by atoms with Crippen LogP contribution in [0.3, 0.4) is 0 Å². The molecule has 0 fully saturated rings. The van der Waals surface area contributed by atoms with Crippen molar-refractivity contribution in [3.63, 3.8) is 0 Å². The smallest absolute Gasteiger partial charge is 0.159 e. The summed E-state index contributed by atoms with van der Waals surface area (Å²) in [6.45, 7) is 3.77. The molecule has 0 heterocycles. The minimum Gasteiger partial charge on any atom is -0.295 e. The molecule has 0 bridgehead atoms. The first-order valence-corrected chi connectivity index (χ1v) is 7.43. The second kappa shape index (κ2) is 7.53. The maximum absolute atomic E-state index is 11.2. The number of hydrogen-bond acceptors (Lipinski definition) is 2. The highest BCUT2D eigenvalue weighted by Gasteiger charge is 1.97. The van der Waals surface area contributed by atoms with E-state index < -0.39 is 0 Å². The van der Waals surface area contributed by atoms with Crippen LogP contribution in [-0.4, -0.2) is 12.0 Å². The van der Waals surface area contributed by atoms with E-state index in [1.807, 2.05) is 30.5 Å². The van der Waals surface area contributed by atoms with Gasteiger partial charge in [-0.1, -0.05) is 37.6 Å². The number of unbranched alkanes of at least 4 members (excludes halogenated alkanes) is 1. The number of aliphatic imine (C=N–C) groups is 1. The molecule has 0 N–H and O–H groups in total. The van der Waals surface area contributed by atoms with Crippen LogP contribution in [0.4, 0.5) is 5.69 Å². The summed E-state index contributed by atoms with van der Waals surface area (Å²) in [5.74, 6) is 0.0770. The van der Waals surface area contributed by atoms with Gasteiger partial charge in [-0.25, -0.2) is 0 Å². The summed E-state index contributed by atoms with van der Waals surface area (Å²) in [6.07, 6.45) is 5.45. The Labute approximate surface area is 126 Å². The zero-order valence-corrected chi connectivity index (χ0v) is 12.7. The van der Waals surface area contributed by atoms with Crippen molar-refractivity contribution < 1.29 is 4.79 Å². The fraction of sp³-hybridized carbons (Fsp3) is 0.263. The van der Waals surface area contributed by atoms with Gasteiger partial charge in [-0.2, -0.15) is 0 Å². The van der Waals surface area contributed by atoms with Crippen LogP contribution in [0.25, 0.3) is 0 Å². The Morgan fingerprint density at radius 1 is 1.05 bits per heavy atom. The van der Waals surface area contributed by atoms with Crippen molar-refractivity contribution >= 4 is 17.7 Å². The molecular formula is C19H21NO. The quantitative estimate of drug-likeness (QED) is 0.541. The van der Waals surface area contributed by atoms with E-state index in [2.05, 4.69) is 36.2 Å². The first kappa shape index (κ1) is 15.2. The molecule has 2 aromatic rings. The van der Waals surface area contributed by atoms with E-state index in [1.165, 1.54) is 18.4 Å². The lowest BCUT2D eigenvalue weighted by Crippen LogP contribution is -1.89. The van der Waals surface area contributed by atoms with Crippen LogP contribution in [0.15, 0.2) is 53.5 Å². The molecule has 0 aliphatic carbocycles. The summed E-state index contributed by atoms with van der Waals surface area (Å²) in [5.41, 5.74) is 4.04. The summed E-state index contributed by atoms with van der Waals surface area (Å²) in [5, 5.41) is 0. The number of rotatable bonds is 6. The Morgan fingerprint density at radius 2 is 1.71 bits per heavy atom. The number of carbonyl (C=O) groups excluding carboxylic acids is 1.